The monoisotopic (exact) mass is 405 g/mol. The van der Waals surface area contributed by atoms with Gasteiger partial charge in [0.1, 0.15) is 11.4 Å². The van der Waals surface area contributed by atoms with E-state index in [0.717, 1.165) is 40.5 Å². The number of hydrogen-bond donors (Lipinski definition) is 1. The molecule has 1 aliphatic heterocycles. The summed E-state index contributed by atoms with van der Waals surface area (Å²) in [6.45, 7) is 0.240. The third kappa shape index (κ3) is 3.28. The van der Waals surface area contributed by atoms with Gasteiger partial charge in [-0.25, -0.2) is 9.79 Å². The van der Waals surface area contributed by atoms with Crippen molar-refractivity contribution in [1.29, 1.82) is 0 Å². The molecule has 1 aromatic heterocycles. The Bertz CT molecular complexity index is 1130. The minimum atomic E-state index is -1.14. The number of nitrogens with zero attached hydrogens (tertiary/aromatic N) is 1. The van der Waals surface area contributed by atoms with Crippen LogP contribution in [0, 0.1) is 5.92 Å². The van der Waals surface area contributed by atoms with Gasteiger partial charge >= 0.3 is 5.97 Å². The smallest absolute Gasteiger partial charge is 0.374 e. The Kier molecular flexibility index (Phi) is 4.43. The number of rotatable bonds is 6. The molecule has 0 spiro atoms. The highest BCUT2D eigenvalue weighted by Gasteiger charge is 2.43. The molecule has 2 heterocycles. The Morgan fingerprint density at radius 3 is 2.67 bits per heavy atom. The van der Waals surface area contributed by atoms with Gasteiger partial charge in [-0.15, -0.1) is 0 Å². The molecule has 3 aromatic rings. The van der Waals surface area contributed by atoms with Gasteiger partial charge in [-0.2, -0.15) is 0 Å². The lowest BCUT2D eigenvalue weighted by Gasteiger charge is -2.09. The van der Waals surface area contributed by atoms with Crippen molar-refractivity contribution >= 4 is 17.4 Å². The van der Waals surface area contributed by atoms with Crippen molar-refractivity contribution in [3.05, 3.63) is 71.7 Å². The molecule has 7 nitrogen and oxygen atoms in total. The first-order valence-corrected chi connectivity index (χ1v) is 9.57. The van der Waals surface area contributed by atoms with E-state index in [4.69, 9.17) is 23.6 Å². The van der Waals surface area contributed by atoms with Crippen LogP contribution in [-0.2, 0) is 0 Å². The lowest BCUT2D eigenvalue weighted by atomic mass is 10.0. The number of carbonyl (C=O) groups is 1. The maximum atomic E-state index is 11.5. The molecule has 2 unspecified atom stereocenters. The van der Waals surface area contributed by atoms with Crippen LogP contribution in [0.25, 0.3) is 0 Å². The summed E-state index contributed by atoms with van der Waals surface area (Å²) in [6, 6.07) is 15.2. The van der Waals surface area contributed by atoms with Gasteiger partial charge < -0.3 is 23.7 Å². The van der Waals surface area contributed by atoms with E-state index >= 15 is 0 Å². The SMILES string of the molecule is COc1ccc(C(=Nc2ccoc2C(=O)O)C2CC2c2ccc3c(c2)OCO3)cc1. The highest BCUT2D eigenvalue weighted by Crippen LogP contribution is 2.51. The predicted octanol–water partition coefficient (Wildman–Crippen LogP) is 4.64. The van der Waals surface area contributed by atoms with Gasteiger partial charge in [0.25, 0.3) is 0 Å². The summed E-state index contributed by atoms with van der Waals surface area (Å²) in [5, 5.41) is 9.37. The second-order valence-electron chi connectivity index (χ2n) is 7.23. The van der Waals surface area contributed by atoms with Gasteiger partial charge in [0.15, 0.2) is 11.5 Å². The minimum Gasteiger partial charge on any atom is -0.497 e. The van der Waals surface area contributed by atoms with Gasteiger partial charge in [0, 0.05) is 12.0 Å². The molecule has 2 atom stereocenters. The fraction of sp³-hybridized carbons (Fsp3) is 0.217. The second kappa shape index (κ2) is 7.26. The first-order valence-electron chi connectivity index (χ1n) is 9.57. The van der Waals surface area contributed by atoms with Crippen LogP contribution < -0.4 is 14.2 Å². The van der Waals surface area contributed by atoms with E-state index < -0.39 is 5.97 Å². The molecule has 2 aliphatic rings. The molecule has 1 fully saturated rings. The highest BCUT2D eigenvalue weighted by atomic mass is 16.7. The normalized spacial score (nSPS) is 19.6. The van der Waals surface area contributed by atoms with E-state index in [1.807, 2.05) is 42.5 Å². The number of ether oxygens (including phenoxy) is 3. The summed E-state index contributed by atoms with van der Waals surface area (Å²) in [5.74, 6) is 1.36. The Morgan fingerprint density at radius 2 is 1.90 bits per heavy atom. The lowest BCUT2D eigenvalue weighted by molar-refractivity contribution is 0.0663. The number of aromatic carboxylic acids is 1. The van der Waals surface area contributed by atoms with Crippen LogP contribution in [0.2, 0.25) is 0 Å². The second-order valence-corrected chi connectivity index (χ2v) is 7.23. The summed E-state index contributed by atoms with van der Waals surface area (Å²) >= 11 is 0. The van der Waals surface area contributed by atoms with Crippen molar-refractivity contribution < 1.29 is 28.5 Å². The van der Waals surface area contributed by atoms with E-state index in [9.17, 15) is 9.90 Å². The van der Waals surface area contributed by atoms with Gasteiger partial charge in [-0.05, 0) is 59.9 Å². The van der Waals surface area contributed by atoms with E-state index in [1.165, 1.54) is 6.26 Å². The largest absolute Gasteiger partial charge is 0.497 e. The Hall–Kier alpha value is -3.74. The molecule has 152 valence electrons. The average Bonchev–Trinajstić information content (AvgIpc) is 3.18. The van der Waals surface area contributed by atoms with Crippen LogP contribution >= 0.6 is 0 Å². The number of aliphatic imine (C=N–C) groups is 1. The molecular formula is C23H19NO6. The quantitative estimate of drug-likeness (QED) is 0.601. The van der Waals surface area contributed by atoms with Gasteiger partial charge in [0.2, 0.25) is 12.6 Å². The summed E-state index contributed by atoms with van der Waals surface area (Å²) in [6.07, 6.45) is 2.25. The topological polar surface area (TPSA) is 90.5 Å². The Balaban J connectivity index is 1.51. The van der Waals surface area contributed by atoms with Crippen molar-refractivity contribution in [3.8, 4) is 17.2 Å². The van der Waals surface area contributed by atoms with Crippen molar-refractivity contribution in [3.63, 3.8) is 0 Å². The van der Waals surface area contributed by atoms with Crippen molar-refractivity contribution in [2.45, 2.75) is 12.3 Å². The van der Waals surface area contributed by atoms with Crippen molar-refractivity contribution in [2.24, 2.45) is 10.9 Å². The van der Waals surface area contributed by atoms with Crippen molar-refractivity contribution in [2.75, 3.05) is 13.9 Å². The third-order valence-corrected chi connectivity index (χ3v) is 5.43. The number of carboxylic acids is 1. The third-order valence-electron chi connectivity index (χ3n) is 5.43. The van der Waals surface area contributed by atoms with Crippen molar-refractivity contribution in [1.82, 2.24) is 0 Å². The molecule has 0 saturated heterocycles. The van der Waals surface area contributed by atoms with Gasteiger partial charge in [-0.3, -0.25) is 0 Å². The van der Waals surface area contributed by atoms with E-state index in [0.29, 0.717) is 5.69 Å². The molecule has 0 radical (unpaired) electrons. The fourth-order valence-electron chi connectivity index (χ4n) is 3.81. The first kappa shape index (κ1) is 18.3. The summed E-state index contributed by atoms with van der Waals surface area (Å²) in [7, 11) is 1.62. The lowest BCUT2D eigenvalue weighted by Crippen LogP contribution is -2.06. The number of benzene rings is 2. The first-order chi connectivity index (χ1) is 14.6. The summed E-state index contributed by atoms with van der Waals surface area (Å²) in [5.41, 5.74) is 3.20. The van der Waals surface area contributed by atoms with Crippen LogP contribution in [-0.4, -0.2) is 30.7 Å². The molecular weight excluding hydrogens is 386 g/mol. The minimum absolute atomic E-state index is 0.148. The van der Waals surface area contributed by atoms with Crippen LogP contribution in [0.1, 0.15) is 34.0 Å². The molecule has 2 aromatic carbocycles. The van der Waals surface area contributed by atoms with Gasteiger partial charge in [0.05, 0.1) is 19.1 Å². The zero-order valence-corrected chi connectivity index (χ0v) is 16.2. The van der Waals surface area contributed by atoms with E-state index in [2.05, 4.69) is 0 Å². The fourth-order valence-corrected chi connectivity index (χ4v) is 3.81. The van der Waals surface area contributed by atoms with Crippen LogP contribution in [0.5, 0.6) is 17.2 Å². The summed E-state index contributed by atoms with van der Waals surface area (Å²) < 4.78 is 21.3. The standard InChI is InChI=1S/C23H19NO6/c1-27-15-5-2-13(3-6-15)21(24-18-8-9-28-22(18)23(25)26)17-11-16(17)14-4-7-19-20(10-14)30-12-29-19/h2-10,16-17H,11-12H2,1H3,(H,25,26). The van der Waals surface area contributed by atoms with Crippen LogP contribution in [0.15, 0.2) is 64.2 Å². The molecule has 0 amide bonds. The number of carboxylic acid groups (broad SMARTS) is 1. The molecule has 7 heteroatoms. The molecule has 1 N–H and O–H groups in total. The Morgan fingerprint density at radius 1 is 1.10 bits per heavy atom. The molecule has 30 heavy (non-hydrogen) atoms. The molecule has 1 aliphatic carbocycles. The zero-order valence-electron chi connectivity index (χ0n) is 16.2. The number of hydrogen-bond acceptors (Lipinski definition) is 6. The molecule has 0 bridgehead atoms. The molecule has 1 saturated carbocycles. The number of furan rings is 1. The highest BCUT2D eigenvalue weighted by molar-refractivity contribution is 6.07. The Labute approximate surface area is 172 Å². The number of methoxy groups -OCH3 is 1. The number of fused-ring (bicyclic) bond motifs is 1. The van der Waals surface area contributed by atoms with Crippen LogP contribution in [0.4, 0.5) is 5.69 Å². The van der Waals surface area contributed by atoms with Gasteiger partial charge in [-0.1, -0.05) is 6.07 Å². The van der Waals surface area contributed by atoms with E-state index in [1.54, 1.807) is 13.2 Å². The maximum Gasteiger partial charge on any atom is 0.374 e. The van der Waals surface area contributed by atoms with E-state index in [-0.39, 0.29) is 24.4 Å². The average molecular weight is 405 g/mol. The molecule has 5 rings (SSSR count). The predicted molar refractivity (Wildman–Crippen MR) is 108 cm³/mol. The zero-order chi connectivity index (χ0) is 20.7. The summed E-state index contributed by atoms with van der Waals surface area (Å²) in [4.78, 5) is 16.2. The van der Waals surface area contributed by atoms with Crippen LogP contribution in [0.3, 0.4) is 0 Å². The maximum absolute atomic E-state index is 11.5.